The second kappa shape index (κ2) is 12.6. The first-order valence-corrected chi connectivity index (χ1v) is 18.1. The molecule has 0 saturated carbocycles. The summed E-state index contributed by atoms with van der Waals surface area (Å²) in [5.74, 6) is 0.329. The zero-order valence-electron chi connectivity index (χ0n) is 28.7. The van der Waals surface area contributed by atoms with Crippen molar-refractivity contribution in [2.24, 2.45) is 0 Å². The minimum atomic E-state index is 0.329. The van der Waals surface area contributed by atoms with Crippen LogP contribution in [0.15, 0.2) is 194 Å². The van der Waals surface area contributed by atoms with Crippen LogP contribution in [0.25, 0.3) is 55.5 Å². The lowest BCUT2D eigenvalue weighted by molar-refractivity contribution is 0.828. The fourth-order valence-corrected chi connectivity index (χ4v) is 8.10. The molecule has 0 bridgehead atoms. The van der Waals surface area contributed by atoms with Crippen LogP contribution in [0, 0.1) is 0 Å². The first-order chi connectivity index (χ1) is 25.8. The molecule has 1 atom stereocenters. The minimum Gasteiger partial charge on any atom is -0.310 e. The van der Waals surface area contributed by atoms with Crippen molar-refractivity contribution < 1.29 is 0 Å². The van der Waals surface area contributed by atoms with Crippen LogP contribution in [-0.2, 0) is 6.42 Å². The molecule has 2 nitrogen and oxygen atoms in total. The molecule has 52 heavy (non-hydrogen) atoms. The maximum atomic E-state index is 2.39. The van der Waals surface area contributed by atoms with Crippen molar-refractivity contribution in [2.75, 3.05) is 4.90 Å². The lowest BCUT2D eigenvalue weighted by Gasteiger charge is -2.28. The third kappa shape index (κ3) is 5.28. The average molecular weight is 665 g/mol. The van der Waals surface area contributed by atoms with E-state index < -0.39 is 0 Å². The number of aromatic nitrogens is 1. The Morgan fingerprint density at radius 1 is 0.462 bits per heavy atom. The highest BCUT2D eigenvalue weighted by Crippen LogP contribution is 2.41. The van der Waals surface area contributed by atoms with Gasteiger partial charge in [0.05, 0.1) is 11.0 Å². The molecule has 0 saturated heterocycles. The number of rotatable bonds is 6. The van der Waals surface area contributed by atoms with Gasteiger partial charge in [-0.1, -0.05) is 140 Å². The van der Waals surface area contributed by atoms with Crippen LogP contribution in [0.2, 0.25) is 0 Å². The molecular weight excluding hydrogens is 629 g/mol. The second-order valence-electron chi connectivity index (χ2n) is 13.8. The quantitative estimate of drug-likeness (QED) is 0.172. The fourth-order valence-electron chi connectivity index (χ4n) is 8.10. The number of para-hydroxylation sites is 3. The number of benzene rings is 8. The van der Waals surface area contributed by atoms with Gasteiger partial charge in [0.15, 0.2) is 0 Å². The molecule has 1 aliphatic carbocycles. The standard InChI is InChI=1S/C50H36N2/c1-4-12-35(13-5-1)37-22-20-36-21-23-39(32-42(36)31-37)38-24-25-41-33-45(27-26-40(41)30-38)51(43-14-6-2-7-15-43)46-28-29-48-47-18-10-11-19-49(47)52(50(48)34-46)44-16-8-3-9-17-44/h1-29,31-34,38H,30H2. The molecule has 0 fully saturated rings. The van der Waals surface area contributed by atoms with Gasteiger partial charge in [-0.15, -0.1) is 0 Å². The largest absolute Gasteiger partial charge is 0.310 e. The summed E-state index contributed by atoms with van der Waals surface area (Å²) in [5, 5.41) is 5.07. The van der Waals surface area contributed by atoms with Crippen LogP contribution in [0.5, 0.6) is 0 Å². The van der Waals surface area contributed by atoms with E-state index in [9.17, 15) is 0 Å². The van der Waals surface area contributed by atoms with Gasteiger partial charge in [0.1, 0.15) is 0 Å². The maximum absolute atomic E-state index is 2.39. The average Bonchev–Trinajstić information content (AvgIpc) is 3.55. The van der Waals surface area contributed by atoms with Gasteiger partial charge in [-0.05, 0) is 106 Å². The van der Waals surface area contributed by atoms with Crippen LogP contribution in [0.4, 0.5) is 17.1 Å². The summed E-state index contributed by atoms with van der Waals surface area (Å²) in [6.07, 6.45) is 5.70. The molecule has 2 heteroatoms. The SMILES string of the molecule is C1=CC(c2ccc3ccc(-c4ccccc4)cc3c2)Cc2ccc(N(c3ccccc3)c3ccc4c5ccccc5n(-c5ccccc5)c4c3)cc21. The first kappa shape index (κ1) is 30.2. The van der Waals surface area contributed by atoms with Crippen molar-refractivity contribution in [3.63, 3.8) is 0 Å². The molecule has 246 valence electrons. The molecule has 1 aromatic heterocycles. The van der Waals surface area contributed by atoms with Crippen molar-refractivity contribution in [2.45, 2.75) is 12.3 Å². The van der Waals surface area contributed by atoms with Gasteiger partial charge in [-0.25, -0.2) is 0 Å². The first-order valence-electron chi connectivity index (χ1n) is 18.1. The Hall–Kier alpha value is -6.64. The van der Waals surface area contributed by atoms with E-state index in [2.05, 4.69) is 210 Å². The number of nitrogens with zero attached hydrogens (tertiary/aromatic N) is 2. The van der Waals surface area contributed by atoms with E-state index in [0.717, 1.165) is 29.2 Å². The lowest BCUT2D eigenvalue weighted by atomic mass is 9.84. The number of anilines is 3. The summed E-state index contributed by atoms with van der Waals surface area (Å²) in [7, 11) is 0. The van der Waals surface area contributed by atoms with Crippen molar-refractivity contribution in [3.8, 4) is 16.8 Å². The normalized spacial score (nSPS) is 13.8. The highest BCUT2D eigenvalue weighted by atomic mass is 15.1. The zero-order chi connectivity index (χ0) is 34.4. The van der Waals surface area contributed by atoms with Crippen LogP contribution in [0.1, 0.15) is 22.6 Å². The Kier molecular flexibility index (Phi) is 7.32. The van der Waals surface area contributed by atoms with Gasteiger partial charge in [0.2, 0.25) is 0 Å². The van der Waals surface area contributed by atoms with E-state index >= 15 is 0 Å². The smallest absolute Gasteiger partial charge is 0.0561 e. The van der Waals surface area contributed by atoms with Crippen LogP contribution in [-0.4, -0.2) is 4.57 Å². The Morgan fingerprint density at radius 2 is 1.15 bits per heavy atom. The second-order valence-corrected chi connectivity index (χ2v) is 13.8. The molecule has 0 radical (unpaired) electrons. The van der Waals surface area contributed by atoms with Crippen LogP contribution >= 0.6 is 0 Å². The summed E-state index contributed by atoms with van der Waals surface area (Å²) < 4.78 is 2.39. The van der Waals surface area contributed by atoms with E-state index in [1.165, 1.54) is 60.4 Å². The van der Waals surface area contributed by atoms with Crippen molar-refractivity contribution in [1.29, 1.82) is 0 Å². The third-order valence-corrected chi connectivity index (χ3v) is 10.7. The fraction of sp³-hybridized carbons (Fsp3) is 0.0400. The Morgan fingerprint density at radius 3 is 2.00 bits per heavy atom. The highest BCUT2D eigenvalue weighted by Gasteiger charge is 2.21. The van der Waals surface area contributed by atoms with E-state index in [0.29, 0.717) is 5.92 Å². The van der Waals surface area contributed by atoms with Crippen molar-refractivity contribution in [1.82, 2.24) is 4.57 Å². The van der Waals surface area contributed by atoms with Gasteiger partial charge in [0.25, 0.3) is 0 Å². The Balaban J connectivity index is 1.03. The van der Waals surface area contributed by atoms with Gasteiger partial charge in [-0.2, -0.15) is 0 Å². The summed E-state index contributed by atoms with van der Waals surface area (Å²) >= 11 is 0. The molecule has 9 aromatic rings. The molecule has 0 N–H and O–H groups in total. The van der Waals surface area contributed by atoms with E-state index in [4.69, 9.17) is 0 Å². The number of fused-ring (bicyclic) bond motifs is 5. The molecule has 0 amide bonds. The molecule has 0 spiro atoms. The molecule has 10 rings (SSSR count). The zero-order valence-corrected chi connectivity index (χ0v) is 28.7. The van der Waals surface area contributed by atoms with Gasteiger partial charge in [0, 0.05) is 39.4 Å². The Bertz CT molecular complexity index is 2760. The molecule has 8 aromatic carbocycles. The van der Waals surface area contributed by atoms with Crippen molar-refractivity contribution >= 4 is 55.7 Å². The maximum Gasteiger partial charge on any atom is 0.0561 e. The predicted octanol–water partition coefficient (Wildman–Crippen LogP) is 13.4. The number of hydrogen-bond donors (Lipinski definition) is 0. The topological polar surface area (TPSA) is 8.17 Å². The minimum absolute atomic E-state index is 0.329. The number of allylic oxidation sites excluding steroid dienone is 1. The van der Waals surface area contributed by atoms with Crippen molar-refractivity contribution in [3.05, 3.63) is 211 Å². The molecule has 1 unspecified atom stereocenters. The monoisotopic (exact) mass is 664 g/mol. The molecule has 1 heterocycles. The van der Waals surface area contributed by atoms with Gasteiger partial charge >= 0.3 is 0 Å². The van der Waals surface area contributed by atoms with Gasteiger partial charge < -0.3 is 9.47 Å². The molecular formula is C50H36N2. The van der Waals surface area contributed by atoms with Crippen LogP contribution < -0.4 is 4.90 Å². The summed E-state index contributed by atoms with van der Waals surface area (Å²) in [4.78, 5) is 2.39. The third-order valence-electron chi connectivity index (χ3n) is 10.7. The molecule has 1 aliphatic rings. The summed E-state index contributed by atoms with van der Waals surface area (Å²) in [6, 6.07) is 68.5. The highest BCUT2D eigenvalue weighted by molar-refractivity contribution is 6.10. The summed E-state index contributed by atoms with van der Waals surface area (Å²) in [5.41, 5.74) is 13.5. The predicted molar refractivity (Wildman–Crippen MR) is 220 cm³/mol. The summed E-state index contributed by atoms with van der Waals surface area (Å²) in [6.45, 7) is 0. The van der Waals surface area contributed by atoms with E-state index in [1.807, 2.05) is 0 Å². The van der Waals surface area contributed by atoms with E-state index in [-0.39, 0.29) is 0 Å². The van der Waals surface area contributed by atoms with E-state index in [1.54, 1.807) is 0 Å². The lowest BCUT2D eigenvalue weighted by Crippen LogP contribution is -2.12. The Labute approximate surface area is 304 Å². The molecule has 0 aliphatic heterocycles. The van der Waals surface area contributed by atoms with Crippen LogP contribution in [0.3, 0.4) is 0 Å². The van der Waals surface area contributed by atoms with Gasteiger partial charge in [-0.3, -0.25) is 0 Å². The number of hydrogen-bond acceptors (Lipinski definition) is 1.